The average Bonchev–Trinajstić information content (AvgIpc) is 3.42. The van der Waals surface area contributed by atoms with E-state index < -0.39 is 11.5 Å². The zero-order valence-corrected chi connectivity index (χ0v) is 21.5. The topological polar surface area (TPSA) is 128 Å². The molecule has 10 nitrogen and oxygen atoms in total. The summed E-state index contributed by atoms with van der Waals surface area (Å²) in [6.45, 7) is 3.98. The van der Waals surface area contributed by atoms with Crippen molar-refractivity contribution in [2.24, 2.45) is 5.92 Å². The molecule has 0 spiro atoms. The molecule has 3 amide bonds. The number of carbonyl (C=O) groups excluding carboxylic acids is 3. The maximum absolute atomic E-state index is 13.1. The van der Waals surface area contributed by atoms with Gasteiger partial charge < -0.3 is 30.4 Å². The first-order valence-corrected chi connectivity index (χ1v) is 12.5. The van der Waals surface area contributed by atoms with Gasteiger partial charge in [-0.1, -0.05) is 12.1 Å². The normalized spacial score (nSPS) is 16.5. The van der Waals surface area contributed by atoms with E-state index in [0.29, 0.717) is 12.5 Å². The van der Waals surface area contributed by atoms with Gasteiger partial charge in [0.05, 0.1) is 12.1 Å². The first-order valence-electron chi connectivity index (χ1n) is 12.5. The number of rotatable bonds is 11. The molecule has 1 aliphatic carbocycles. The zero-order valence-electron chi connectivity index (χ0n) is 21.5. The molecule has 1 saturated carbocycles. The van der Waals surface area contributed by atoms with Gasteiger partial charge in [-0.25, -0.2) is 0 Å². The lowest BCUT2D eigenvalue weighted by Crippen LogP contribution is -2.35. The molecular weight excluding hydrogens is 472 g/mol. The molecule has 0 bridgehead atoms. The van der Waals surface area contributed by atoms with Crippen molar-refractivity contribution in [3.8, 4) is 0 Å². The van der Waals surface area contributed by atoms with Crippen molar-refractivity contribution in [2.75, 3.05) is 33.7 Å². The molecule has 196 valence electrons. The summed E-state index contributed by atoms with van der Waals surface area (Å²) in [5, 5.41) is 9.32. The van der Waals surface area contributed by atoms with Gasteiger partial charge in [-0.2, -0.15) is 0 Å². The quantitative estimate of drug-likeness (QED) is 0.312. The van der Waals surface area contributed by atoms with Crippen LogP contribution in [0.4, 0.5) is 0 Å². The van der Waals surface area contributed by atoms with Crippen molar-refractivity contribution in [3.05, 3.63) is 69.8 Å². The molecule has 3 aromatic rings. The Bertz CT molecular complexity index is 1360. The minimum absolute atomic E-state index is 0.0363. The Morgan fingerprint density at radius 3 is 2.73 bits per heavy atom. The molecule has 4 rings (SSSR count). The Balaban J connectivity index is 1.43. The predicted octanol–water partition coefficient (Wildman–Crippen LogP) is 1.31. The number of nitrogens with zero attached hydrogens (tertiary/aromatic N) is 2. The highest BCUT2D eigenvalue weighted by Gasteiger charge is 2.38. The van der Waals surface area contributed by atoms with Crippen LogP contribution in [0.5, 0.6) is 0 Å². The number of amides is 3. The van der Waals surface area contributed by atoms with Gasteiger partial charge in [-0.3, -0.25) is 19.2 Å². The Morgan fingerprint density at radius 2 is 1.97 bits per heavy atom. The fourth-order valence-electron chi connectivity index (χ4n) is 4.56. The molecule has 2 atom stereocenters. The summed E-state index contributed by atoms with van der Waals surface area (Å²) in [6.07, 6.45) is 5.19. The fourth-order valence-corrected chi connectivity index (χ4v) is 4.56. The van der Waals surface area contributed by atoms with E-state index in [1.165, 1.54) is 30.8 Å². The Labute approximate surface area is 215 Å². The molecule has 0 unspecified atom stereocenters. The molecule has 1 fully saturated rings. The second-order valence-corrected chi connectivity index (χ2v) is 9.66. The SMILES string of the molecule is CNC(=O)c1cc(C(=O)N[C@H]2C[C@@H]2CCN(C)CCNC(C)=O)cn(Cc2cccc3[nH]ccc23)c1=O. The summed E-state index contributed by atoms with van der Waals surface area (Å²) in [4.78, 5) is 55.0. The second-order valence-electron chi connectivity index (χ2n) is 9.66. The predicted molar refractivity (Wildman–Crippen MR) is 142 cm³/mol. The van der Waals surface area contributed by atoms with Crippen molar-refractivity contribution >= 4 is 28.6 Å². The molecule has 10 heteroatoms. The summed E-state index contributed by atoms with van der Waals surface area (Å²) in [7, 11) is 3.47. The largest absolute Gasteiger partial charge is 0.361 e. The molecule has 2 heterocycles. The highest BCUT2D eigenvalue weighted by atomic mass is 16.2. The Kier molecular flexibility index (Phi) is 8.08. The van der Waals surface area contributed by atoms with Crippen LogP contribution in [0.1, 0.15) is 46.0 Å². The summed E-state index contributed by atoms with van der Waals surface area (Å²) < 4.78 is 1.43. The van der Waals surface area contributed by atoms with Gasteiger partial charge >= 0.3 is 0 Å². The number of H-pyrrole nitrogens is 1. The first-order chi connectivity index (χ1) is 17.8. The Morgan fingerprint density at radius 1 is 1.16 bits per heavy atom. The van der Waals surface area contributed by atoms with Gasteiger partial charge in [0.15, 0.2) is 0 Å². The standard InChI is InChI=1S/C27H34N6O4/c1-17(34)29-10-12-32(3)11-8-18-14-24(18)31-25(35)20-13-22(26(36)28-2)27(37)33(16-20)15-19-5-4-6-23-21(19)7-9-30-23/h4-7,9,13,16,18,24,30H,8,10-12,14-15H2,1-3H3,(H,28,36)(H,29,34)(H,31,35)/t18-,24-/m0/s1. The smallest absolute Gasteiger partial charge is 0.263 e. The molecule has 4 N–H and O–H groups in total. The maximum atomic E-state index is 13.1. The minimum atomic E-state index is -0.528. The summed E-state index contributed by atoms with van der Waals surface area (Å²) in [6, 6.07) is 9.16. The van der Waals surface area contributed by atoms with Crippen LogP contribution in [0, 0.1) is 5.92 Å². The Hall–Kier alpha value is -3.92. The summed E-state index contributed by atoms with van der Waals surface area (Å²) in [5.41, 5.74) is 1.62. The van der Waals surface area contributed by atoms with E-state index in [1.807, 2.05) is 37.5 Å². The number of benzene rings is 1. The molecule has 0 aliphatic heterocycles. The van der Waals surface area contributed by atoms with Crippen LogP contribution >= 0.6 is 0 Å². The molecular formula is C27H34N6O4. The van der Waals surface area contributed by atoms with Crippen LogP contribution in [-0.2, 0) is 11.3 Å². The zero-order chi connectivity index (χ0) is 26.5. The third kappa shape index (κ3) is 6.45. The molecule has 2 aromatic heterocycles. The van der Waals surface area contributed by atoms with E-state index in [9.17, 15) is 19.2 Å². The van der Waals surface area contributed by atoms with Crippen molar-refractivity contribution in [2.45, 2.75) is 32.4 Å². The van der Waals surface area contributed by atoms with Crippen molar-refractivity contribution in [1.29, 1.82) is 0 Å². The van der Waals surface area contributed by atoms with Gasteiger partial charge in [-0.05, 0) is 56.1 Å². The van der Waals surface area contributed by atoms with E-state index in [0.717, 1.165) is 42.4 Å². The summed E-state index contributed by atoms with van der Waals surface area (Å²) in [5.74, 6) is -0.487. The van der Waals surface area contributed by atoms with E-state index in [-0.39, 0.29) is 35.5 Å². The number of hydrogen-bond acceptors (Lipinski definition) is 5. The number of nitrogens with one attached hydrogen (secondary N) is 4. The van der Waals surface area contributed by atoms with Crippen LogP contribution in [0.25, 0.3) is 10.9 Å². The van der Waals surface area contributed by atoms with Crippen molar-refractivity contribution in [1.82, 2.24) is 30.4 Å². The lowest BCUT2D eigenvalue weighted by atomic mass is 10.1. The average molecular weight is 507 g/mol. The number of aromatic nitrogens is 2. The van der Waals surface area contributed by atoms with Gasteiger partial charge in [0, 0.05) is 56.4 Å². The molecule has 1 aromatic carbocycles. The molecule has 0 saturated heterocycles. The number of hydrogen-bond donors (Lipinski definition) is 4. The lowest BCUT2D eigenvalue weighted by molar-refractivity contribution is -0.119. The van der Waals surface area contributed by atoms with Gasteiger partial charge in [0.2, 0.25) is 5.91 Å². The summed E-state index contributed by atoms with van der Waals surface area (Å²) >= 11 is 0. The van der Waals surface area contributed by atoms with Crippen molar-refractivity contribution in [3.63, 3.8) is 0 Å². The van der Waals surface area contributed by atoms with E-state index >= 15 is 0 Å². The lowest BCUT2D eigenvalue weighted by Gasteiger charge is -2.16. The third-order valence-corrected chi connectivity index (χ3v) is 6.83. The molecule has 1 aliphatic rings. The number of fused-ring (bicyclic) bond motifs is 1. The number of pyridine rings is 1. The monoisotopic (exact) mass is 506 g/mol. The molecule has 37 heavy (non-hydrogen) atoms. The highest BCUT2D eigenvalue weighted by Crippen LogP contribution is 2.34. The minimum Gasteiger partial charge on any atom is -0.361 e. The number of aromatic amines is 1. The first kappa shape index (κ1) is 26.2. The van der Waals surface area contributed by atoms with Gasteiger partial charge in [0.25, 0.3) is 17.4 Å². The highest BCUT2D eigenvalue weighted by molar-refractivity contribution is 5.99. The van der Waals surface area contributed by atoms with Crippen LogP contribution in [0.2, 0.25) is 0 Å². The van der Waals surface area contributed by atoms with Gasteiger partial charge in [0.1, 0.15) is 5.56 Å². The van der Waals surface area contributed by atoms with E-state index in [4.69, 9.17) is 0 Å². The molecule has 0 radical (unpaired) electrons. The van der Waals surface area contributed by atoms with Gasteiger partial charge in [-0.15, -0.1) is 0 Å². The van der Waals surface area contributed by atoms with Crippen LogP contribution in [0.3, 0.4) is 0 Å². The number of likely N-dealkylation sites (N-methyl/N-ethyl adjacent to an activating group) is 1. The fraction of sp³-hybridized carbons (Fsp3) is 0.407. The third-order valence-electron chi connectivity index (χ3n) is 6.83. The maximum Gasteiger partial charge on any atom is 0.263 e. The van der Waals surface area contributed by atoms with E-state index in [2.05, 4.69) is 25.8 Å². The van der Waals surface area contributed by atoms with Crippen LogP contribution in [0.15, 0.2) is 47.5 Å². The number of carbonyl (C=O) groups is 3. The van der Waals surface area contributed by atoms with Crippen LogP contribution < -0.4 is 21.5 Å². The van der Waals surface area contributed by atoms with E-state index in [1.54, 1.807) is 0 Å². The van der Waals surface area contributed by atoms with Crippen LogP contribution in [-0.4, -0.2) is 71.9 Å². The van der Waals surface area contributed by atoms with Crippen molar-refractivity contribution < 1.29 is 14.4 Å². The second kappa shape index (κ2) is 11.4.